The second kappa shape index (κ2) is 9.80. The van der Waals surface area contributed by atoms with Crippen molar-refractivity contribution in [3.05, 3.63) is 71.8 Å². The normalized spacial score (nSPS) is 14.4. The molecule has 1 aliphatic rings. The van der Waals surface area contributed by atoms with Crippen LogP contribution in [-0.4, -0.2) is 61.4 Å². The summed E-state index contributed by atoms with van der Waals surface area (Å²) in [6, 6.07) is 19.6. The fourth-order valence-corrected chi connectivity index (χ4v) is 4.56. The molecule has 0 unspecified atom stereocenters. The van der Waals surface area contributed by atoms with Crippen molar-refractivity contribution in [1.82, 2.24) is 9.80 Å². The number of hydrogen-bond acceptors (Lipinski definition) is 5. The number of aryl methyl sites for hydroxylation is 1. The molecule has 1 N–H and O–H groups in total. The summed E-state index contributed by atoms with van der Waals surface area (Å²) in [6.45, 7) is 4.84. The molecule has 1 fully saturated rings. The Morgan fingerprint density at radius 2 is 1.69 bits per heavy atom. The molecule has 0 bridgehead atoms. The summed E-state index contributed by atoms with van der Waals surface area (Å²) in [7, 11) is 1.59. The van der Waals surface area contributed by atoms with Crippen molar-refractivity contribution in [3.63, 3.8) is 0 Å². The lowest BCUT2D eigenvalue weighted by molar-refractivity contribution is -0.132. The molecule has 3 aromatic carbocycles. The van der Waals surface area contributed by atoms with Gasteiger partial charge >= 0.3 is 0 Å². The van der Waals surface area contributed by atoms with Crippen LogP contribution in [0.15, 0.2) is 65.1 Å². The number of anilines is 1. The van der Waals surface area contributed by atoms with Crippen molar-refractivity contribution < 1.29 is 18.7 Å². The van der Waals surface area contributed by atoms with Crippen LogP contribution in [0.2, 0.25) is 0 Å². The summed E-state index contributed by atoms with van der Waals surface area (Å²) < 4.78 is 11.5. The Bertz CT molecular complexity index is 1370. The average molecular weight is 472 g/mol. The number of benzene rings is 3. The van der Waals surface area contributed by atoms with Gasteiger partial charge < -0.3 is 19.4 Å². The van der Waals surface area contributed by atoms with Crippen LogP contribution in [0.5, 0.6) is 5.75 Å². The van der Waals surface area contributed by atoms with Crippen molar-refractivity contribution in [2.75, 3.05) is 45.2 Å². The van der Waals surface area contributed by atoms with E-state index in [1.165, 1.54) is 5.56 Å². The van der Waals surface area contributed by atoms with E-state index in [-0.39, 0.29) is 18.4 Å². The highest BCUT2D eigenvalue weighted by molar-refractivity contribution is 6.07. The minimum atomic E-state index is -0.127. The molecule has 2 amide bonds. The topological polar surface area (TPSA) is 75.0 Å². The van der Waals surface area contributed by atoms with E-state index < -0.39 is 0 Å². The first-order valence-corrected chi connectivity index (χ1v) is 11.8. The fourth-order valence-electron chi connectivity index (χ4n) is 4.56. The number of hydrogen-bond donors (Lipinski definition) is 1. The Morgan fingerprint density at radius 1 is 0.943 bits per heavy atom. The van der Waals surface area contributed by atoms with Gasteiger partial charge in [0.15, 0.2) is 0 Å². The maximum absolute atomic E-state index is 12.8. The van der Waals surface area contributed by atoms with E-state index in [1.54, 1.807) is 7.11 Å². The van der Waals surface area contributed by atoms with Gasteiger partial charge in [-0.25, -0.2) is 0 Å². The zero-order chi connectivity index (χ0) is 24.4. The number of nitrogens with zero attached hydrogens (tertiary/aromatic N) is 2. The zero-order valence-electron chi connectivity index (χ0n) is 20.0. The lowest BCUT2D eigenvalue weighted by atomic mass is 10.1. The molecule has 0 radical (unpaired) electrons. The van der Waals surface area contributed by atoms with Gasteiger partial charge in [-0.3, -0.25) is 14.5 Å². The van der Waals surface area contributed by atoms with Crippen LogP contribution in [0.4, 0.5) is 5.69 Å². The maximum Gasteiger partial charge on any atom is 0.238 e. The largest absolute Gasteiger partial charge is 0.495 e. The van der Waals surface area contributed by atoms with Gasteiger partial charge in [0.2, 0.25) is 11.8 Å². The lowest BCUT2D eigenvalue weighted by Gasteiger charge is -2.34. The van der Waals surface area contributed by atoms with Crippen LogP contribution in [0.3, 0.4) is 0 Å². The number of ether oxygens (including phenoxy) is 1. The number of rotatable bonds is 6. The van der Waals surface area contributed by atoms with E-state index in [9.17, 15) is 9.59 Å². The molecular formula is C28H29N3O4. The maximum atomic E-state index is 12.8. The van der Waals surface area contributed by atoms with E-state index in [1.807, 2.05) is 72.5 Å². The SMILES string of the molecule is COc1cc2c(cc1NC(=O)CN1CCN(C(=O)Cc3ccc(C)cc3)CC1)oc1ccccc12. The smallest absolute Gasteiger partial charge is 0.238 e. The Kier molecular flexibility index (Phi) is 6.42. The molecule has 0 saturated carbocycles. The number of nitrogens with one attached hydrogen (secondary N) is 1. The highest BCUT2D eigenvalue weighted by atomic mass is 16.5. The van der Waals surface area contributed by atoms with Crippen molar-refractivity contribution in [2.45, 2.75) is 13.3 Å². The monoisotopic (exact) mass is 471 g/mol. The summed E-state index contributed by atoms with van der Waals surface area (Å²) in [4.78, 5) is 29.4. The van der Waals surface area contributed by atoms with Crippen molar-refractivity contribution in [1.29, 1.82) is 0 Å². The lowest BCUT2D eigenvalue weighted by Crippen LogP contribution is -2.50. The standard InChI is InChI=1S/C28H29N3O4/c1-19-7-9-20(10-8-19)15-28(33)31-13-11-30(12-14-31)18-27(32)29-23-17-25-22(16-26(23)34-2)21-5-3-4-6-24(21)35-25/h3-10,16-17H,11-15,18H2,1-2H3,(H,29,32). The van der Waals surface area contributed by atoms with Crippen LogP contribution >= 0.6 is 0 Å². The summed E-state index contributed by atoms with van der Waals surface area (Å²) >= 11 is 0. The van der Waals surface area contributed by atoms with Crippen LogP contribution in [0.25, 0.3) is 21.9 Å². The summed E-state index contributed by atoms with van der Waals surface area (Å²) in [5.41, 5.74) is 4.28. The van der Waals surface area contributed by atoms with Crippen LogP contribution < -0.4 is 10.1 Å². The first kappa shape index (κ1) is 22.9. The Morgan fingerprint density at radius 3 is 2.43 bits per heavy atom. The summed E-state index contributed by atoms with van der Waals surface area (Å²) in [5, 5.41) is 4.92. The third kappa shape index (κ3) is 5.00. The van der Waals surface area contributed by atoms with Gasteiger partial charge in [-0.1, -0.05) is 48.0 Å². The number of piperazine rings is 1. The molecule has 35 heavy (non-hydrogen) atoms. The van der Waals surface area contributed by atoms with Crippen molar-refractivity contribution >= 4 is 39.4 Å². The van der Waals surface area contributed by atoms with E-state index in [4.69, 9.17) is 9.15 Å². The van der Waals surface area contributed by atoms with Gasteiger partial charge in [0.05, 0.1) is 25.8 Å². The number of amides is 2. The second-order valence-electron chi connectivity index (χ2n) is 9.01. The predicted octanol–water partition coefficient (Wildman–Crippen LogP) is 4.23. The molecule has 1 saturated heterocycles. The van der Waals surface area contributed by atoms with Gasteiger partial charge in [-0.15, -0.1) is 0 Å². The van der Waals surface area contributed by atoms with E-state index >= 15 is 0 Å². The molecule has 1 aliphatic heterocycles. The second-order valence-corrected chi connectivity index (χ2v) is 9.01. The number of methoxy groups -OCH3 is 1. The van der Waals surface area contributed by atoms with E-state index in [0.717, 1.165) is 21.9 Å². The minimum Gasteiger partial charge on any atom is -0.495 e. The fraction of sp³-hybridized carbons (Fsp3) is 0.286. The third-order valence-corrected chi connectivity index (χ3v) is 6.54. The van der Waals surface area contributed by atoms with Crippen molar-refractivity contribution in [3.8, 4) is 5.75 Å². The first-order valence-electron chi connectivity index (χ1n) is 11.8. The van der Waals surface area contributed by atoms with E-state index in [2.05, 4.69) is 10.2 Å². The van der Waals surface area contributed by atoms with Gasteiger partial charge in [0, 0.05) is 43.0 Å². The van der Waals surface area contributed by atoms with Crippen molar-refractivity contribution in [2.24, 2.45) is 0 Å². The zero-order valence-corrected chi connectivity index (χ0v) is 20.0. The minimum absolute atomic E-state index is 0.127. The molecular weight excluding hydrogens is 442 g/mol. The number of para-hydroxylation sites is 1. The summed E-state index contributed by atoms with van der Waals surface area (Å²) in [5.74, 6) is 0.587. The molecule has 5 rings (SSSR count). The molecule has 4 aromatic rings. The highest BCUT2D eigenvalue weighted by Gasteiger charge is 2.23. The number of carbonyl (C=O) groups excluding carboxylic acids is 2. The Balaban J connectivity index is 1.18. The molecule has 0 spiro atoms. The Labute approximate surface area is 204 Å². The van der Waals surface area contributed by atoms with Crippen LogP contribution in [-0.2, 0) is 16.0 Å². The van der Waals surface area contributed by atoms with Crippen LogP contribution in [0.1, 0.15) is 11.1 Å². The molecule has 7 heteroatoms. The molecule has 2 heterocycles. The van der Waals surface area contributed by atoms with Crippen LogP contribution in [0, 0.1) is 6.92 Å². The molecule has 7 nitrogen and oxygen atoms in total. The van der Waals surface area contributed by atoms with Gasteiger partial charge in [0.1, 0.15) is 16.9 Å². The first-order chi connectivity index (χ1) is 17.0. The average Bonchev–Trinajstić information content (AvgIpc) is 3.22. The van der Waals surface area contributed by atoms with Gasteiger partial charge in [-0.05, 0) is 24.6 Å². The van der Waals surface area contributed by atoms with Gasteiger partial charge in [-0.2, -0.15) is 0 Å². The quantitative estimate of drug-likeness (QED) is 0.456. The molecule has 1 aromatic heterocycles. The molecule has 0 atom stereocenters. The highest BCUT2D eigenvalue weighted by Crippen LogP contribution is 2.36. The summed E-state index contributed by atoms with van der Waals surface area (Å²) in [6.07, 6.45) is 0.408. The number of carbonyl (C=O) groups is 2. The third-order valence-electron chi connectivity index (χ3n) is 6.54. The number of fused-ring (bicyclic) bond motifs is 3. The van der Waals surface area contributed by atoms with Gasteiger partial charge in [0.25, 0.3) is 0 Å². The molecule has 0 aliphatic carbocycles. The number of furan rings is 1. The Hall–Kier alpha value is -3.84. The molecule has 180 valence electrons. The predicted molar refractivity (Wildman–Crippen MR) is 137 cm³/mol. The van der Waals surface area contributed by atoms with E-state index in [0.29, 0.717) is 49.6 Å².